The van der Waals surface area contributed by atoms with Crippen molar-refractivity contribution in [2.24, 2.45) is 0 Å². The van der Waals surface area contributed by atoms with Crippen molar-refractivity contribution in [3.63, 3.8) is 0 Å². The predicted molar refractivity (Wildman–Crippen MR) is 83.9 cm³/mol. The number of hydrogen-bond donors (Lipinski definition) is 0. The molecule has 0 heterocycles. The number of hydrogen-bond acceptors (Lipinski definition) is 3. The number of nitrogens with zero attached hydrogens (tertiary/aromatic N) is 1. The van der Waals surface area contributed by atoms with E-state index in [2.05, 4.69) is 6.92 Å². The molecular formula is C16H16ClNO3. The SMILES string of the molecule is CCCCOc1ccc(-c2cc(Cl)ccc2[N+](=O)[O-])cc1. The van der Waals surface area contributed by atoms with Gasteiger partial charge >= 0.3 is 0 Å². The summed E-state index contributed by atoms with van der Waals surface area (Å²) < 4.78 is 5.58. The Morgan fingerprint density at radius 3 is 2.52 bits per heavy atom. The summed E-state index contributed by atoms with van der Waals surface area (Å²) in [5, 5.41) is 11.6. The molecule has 0 amide bonds. The van der Waals surface area contributed by atoms with Gasteiger partial charge in [-0.2, -0.15) is 0 Å². The van der Waals surface area contributed by atoms with E-state index >= 15 is 0 Å². The minimum atomic E-state index is -0.405. The Hall–Kier alpha value is -2.07. The lowest BCUT2D eigenvalue weighted by Gasteiger charge is -2.07. The summed E-state index contributed by atoms with van der Waals surface area (Å²) in [6.45, 7) is 2.78. The van der Waals surface area contributed by atoms with Crippen LogP contribution in [0.2, 0.25) is 5.02 Å². The molecule has 110 valence electrons. The van der Waals surface area contributed by atoms with Crippen LogP contribution in [-0.4, -0.2) is 11.5 Å². The van der Waals surface area contributed by atoms with Gasteiger partial charge in [-0.05, 0) is 36.2 Å². The zero-order valence-corrected chi connectivity index (χ0v) is 12.5. The van der Waals surface area contributed by atoms with Gasteiger partial charge in [-0.25, -0.2) is 0 Å². The average molecular weight is 306 g/mol. The Morgan fingerprint density at radius 2 is 1.90 bits per heavy atom. The Bertz CT molecular complexity index is 626. The summed E-state index contributed by atoms with van der Waals surface area (Å²) in [6, 6.07) is 11.8. The van der Waals surface area contributed by atoms with Crippen LogP contribution in [0.3, 0.4) is 0 Å². The molecule has 4 nitrogen and oxygen atoms in total. The van der Waals surface area contributed by atoms with Crippen LogP contribution < -0.4 is 4.74 Å². The molecule has 0 bridgehead atoms. The fraction of sp³-hybridized carbons (Fsp3) is 0.250. The second-order valence-corrected chi connectivity index (χ2v) is 5.08. The zero-order valence-electron chi connectivity index (χ0n) is 11.7. The molecule has 0 aliphatic rings. The third kappa shape index (κ3) is 3.95. The van der Waals surface area contributed by atoms with Crippen LogP contribution in [0, 0.1) is 10.1 Å². The molecule has 0 aromatic heterocycles. The maximum Gasteiger partial charge on any atom is 0.277 e. The maximum atomic E-state index is 11.1. The third-order valence-electron chi connectivity index (χ3n) is 3.09. The molecule has 0 saturated heterocycles. The molecule has 0 radical (unpaired) electrons. The molecule has 0 saturated carbocycles. The lowest BCUT2D eigenvalue weighted by atomic mass is 10.0. The Balaban J connectivity index is 2.26. The second kappa shape index (κ2) is 7.09. The molecular weight excluding hydrogens is 290 g/mol. The van der Waals surface area contributed by atoms with E-state index < -0.39 is 4.92 Å². The summed E-state index contributed by atoms with van der Waals surface area (Å²) in [6.07, 6.45) is 2.08. The van der Waals surface area contributed by atoms with Gasteiger partial charge in [0.25, 0.3) is 5.69 Å². The van der Waals surface area contributed by atoms with Gasteiger partial charge in [0.1, 0.15) is 5.75 Å². The molecule has 0 aliphatic heterocycles. The van der Waals surface area contributed by atoms with E-state index in [0.717, 1.165) is 24.2 Å². The Labute approximate surface area is 128 Å². The van der Waals surface area contributed by atoms with Crippen LogP contribution in [0.4, 0.5) is 5.69 Å². The van der Waals surface area contributed by atoms with Gasteiger partial charge in [-0.1, -0.05) is 37.1 Å². The predicted octanol–water partition coefficient (Wildman–Crippen LogP) is 5.09. The number of nitro groups is 1. The number of halogens is 1. The van der Waals surface area contributed by atoms with Crippen LogP contribution in [0.15, 0.2) is 42.5 Å². The molecule has 0 N–H and O–H groups in total. The average Bonchev–Trinajstić information content (AvgIpc) is 2.48. The number of ether oxygens (including phenoxy) is 1. The summed E-state index contributed by atoms with van der Waals surface area (Å²) >= 11 is 5.94. The first-order valence-electron chi connectivity index (χ1n) is 6.79. The van der Waals surface area contributed by atoms with Crippen molar-refractivity contribution in [2.75, 3.05) is 6.61 Å². The molecule has 0 atom stereocenters. The third-order valence-corrected chi connectivity index (χ3v) is 3.32. The van der Waals surface area contributed by atoms with E-state index in [9.17, 15) is 10.1 Å². The molecule has 0 unspecified atom stereocenters. The minimum Gasteiger partial charge on any atom is -0.494 e. The summed E-state index contributed by atoms with van der Waals surface area (Å²) in [5.41, 5.74) is 1.29. The summed E-state index contributed by atoms with van der Waals surface area (Å²) in [4.78, 5) is 10.7. The lowest BCUT2D eigenvalue weighted by Crippen LogP contribution is -1.96. The largest absolute Gasteiger partial charge is 0.494 e. The van der Waals surface area contributed by atoms with Crippen molar-refractivity contribution in [3.8, 4) is 16.9 Å². The number of nitro benzene ring substituents is 1. The van der Waals surface area contributed by atoms with E-state index in [0.29, 0.717) is 17.2 Å². The molecule has 2 aromatic carbocycles. The van der Waals surface area contributed by atoms with Crippen LogP contribution in [0.5, 0.6) is 5.75 Å². The highest BCUT2D eigenvalue weighted by Crippen LogP contribution is 2.33. The van der Waals surface area contributed by atoms with E-state index in [1.165, 1.54) is 12.1 Å². The smallest absolute Gasteiger partial charge is 0.277 e. The second-order valence-electron chi connectivity index (χ2n) is 4.64. The molecule has 0 aliphatic carbocycles. The van der Waals surface area contributed by atoms with Gasteiger partial charge in [0.05, 0.1) is 17.1 Å². The van der Waals surface area contributed by atoms with Crippen LogP contribution >= 0.6 is 11.6 Å². The van der Waals surface area contributed by atoms with Crippen molar-refractivity contribution in [1.29, 1.82) is 0 Å². The minimum absolute atomic E-state index is 0.0408. The monoisotopic (exact) mass is 305 g/mol. The molecule has 0 fully saturated rings. The van der Waals surface area contributed by atoms with E-state index in [1.54, 1.807) is 18.2 Å². The van der Waals surface area contributed by atoms with Crippen LogP contribution in [0.25, 0.3) is 11.1 Å². The standard InChI is InChI=1S/C16H16ClNO3/c1-2-3-10-21-14-7-4-12(5-8-14)15-11-13(17)6-9-16(15)18(19)20/h4-9,11H,2-3,10H2,1H3. The first-order valence-corrected chi connectivity index (χ1v) is 7.17. The highest BCUT2D eigenvalue weighted by atomic mass is 35.5. The van der Waals surface area contributed by atoms with Gasteiger partial charge in [-0.3, -0.25) is 10.1 Å². The van der Waals surface area contributed by atoms with E-state index in [4.69, 9.17) is 16.3 Å². The number of rotatable bonds is 6. The van der Waals surface area contributed by atoms with Gasteiger partial charge in [-0.15, -0.1) is 0 Å². The molecule has 5 heteroatoms. The fourth-order valence-corrected chi connectivity index (χ4v) is 2.14. The number of unbranched alkanes of at least 4 members (excludes halogenated alkanes) is 1. The normalized spacial score (nSPS) is 10.4. The van der Waals surface area contributed by atoms with Gasteiger partial charge in [0.15, 0.2) is 0 Å². The summed E-state index contributed by atoms with van der Waals surface area (Å²) in [7, 11) is 0. The highest BCUT2D eigenvalue weighted by molar-refractivity contribution is 6.31. The van der Waals surface area contributed by atoms with Crippen molar-refractivity contribution >= 4 is 17.3 Å². The maximum absolute atomic E-state index is 11.1. The number of benzene rings is 2. The zero-order chi connectivity index (χ0) is 15.2. The molecule has 2 rings (SSSR count). The van der Waals surface area contributed by atoms with Gasteiger partial charge < -0.3 is 4.74 Å². The van der Waals surface area contributed by atoms with Crippen molar-refractivity contribution < 1.29 is 9.66 Å². The first-order chi connectivity index (χ1) is 10.1. The Morgan fingerprint density at radius 1 is 1.19 bits per heavy atom. The first kappa shape index (κ1) is 15.3. The molecule has 21 heavy (non-hydrogen) atoms. The van der Waals surface area contributed by atoms with Crippen molar-refractivity contribution in [2.45, 2.75) is 19.8 Å². The van der Waals surface area contributed by atoms with Crippen molar-refractivity contribution in [3.05, 3.63) is 57.6 Å². The fourth-order valence-electron chi connectivity index (χ4n) is 1.96. The molecule has 0 spiro atoms. The highest BCUT2D eigenvalue weighted by Gasteiger charge is 2.15. The topological polar surface area (TPSA) is 52.4 Å². The Kier molecular flexibility index (Phi) is 5.17. The van der Waals surface area contributed by atoms with Crippen LogP contribution in [0.1, 0.15) is 19.8 Å². The lowest BCUT2D eigenvalue weighted by molar-refractivity contribution is -0.384. The van der Waals surface area contributed by atoms with Gasteiger partial charge in [0.2, 0.25) is 0 Å². The van der Waals surface area contributed by atoms with Crippen molar-refractivity contribution in [1.82, 2.24) is 0 Å². The van der Waals surface area contributed by atoms with Crippen LogP contribution in [-0.2, 0) is 0 Å². The summed E-state index contributed by atoms with van der Waals surface area (Å²) in [5.74, 6) is 0.761. The molecule has 2 aromatic rings. The van der Waals surface area contributed by atoms with Gasteiger partial charge in [0, 0.05) is 11.1 Å². The van der Waals surface area contributed by atoms with E-state index in [-0.39, 0.29) is 5.69 Å². The van der Waals surface area contributed by atoms with E-state index in [1.807, 2.05) is 12.1 Å². The quantitative estimate of drug-likeness (QED) is 0.424.